The van der Waals surface area contributed by atoms with Gasteiger partial charge in [-0.1, -0.05) is 42.5 Å². The van der Waals surface area contributed by atoms with Gasteiger partial charge in [-0.05, 0) is 35.4 Å². The molecule has 160 valence electrons. The smallest absolute Gasteiger partial charge is 0.270 e. The molecule has 0 bridgehead atoms. The molecule has 0 radical (unpaired) electrons. The molecule has 1 aromatic heterocycles. The standard InChI is InChI=1S/C24H15F3N2O2S/c25-24(26,27)16-11-15(13-29-22(30)17-8-4-5-9-18(17)23(29)31)21-19(12-16)32-20(28-21)10-14-6-2-1-3-7-14/h1-9,11-12H,10,13H2. The van der Waals surface area contributed by atoms with E-state index in [1.54, 1.807) is 12.1 Å². The lowest BCUT2D eigenvalue weighted by Crippen LogP contribution is -2.29. The molecule has 0 unspecified atom stereocenters. The predicted octanol–water partition coefficient (Wildman–Crippen LogP) is 5.70. The maximum atomic E-state index is 13.6. The molecule has 4 aromatic rings. The van der Waals surface area contributed by atoms with E-state index in [2.05, 4.69) is 4.98 Å². The van der Waals surface area contributed by atoms with Crippen LogP contribution in [0.25, 0.3) is 10.2 Å². The van der Waals surface area contributed by atoms with Crippen molar-refractivity contribution in [1.82, 2.24) is 9.88 Å². The number of imide groups is 1. The Hall–Kier alpha value is -3.52. The number of thiazole rings is 1. The topological polar surface area (TPSA) is 50.3 Å². The van der Waals surface area contributed by atoms with E-state index in [-0.39, 0.29) is 23.2 Å². The molecule has 0 aliphatic carbocycles. The van der Waals surface area contributed by atoms with Crippen LogP contribution in [0.1, 0.15) is 42.4 Å². The molecule has 2 amide bonds. The summed E-state index contributed by atoms with van der Waals surface area (Å²) in [6.07, 6.45) is -4.08. The van der Waals surface area contributed by atoms with Crippen molar-refractivity contribution in [2.75, 3.05) is 0 Å². The summed E-state index contributed by atoms with van der Waals surface area (Å²) in [5, 5.41) is 0.661. The number of rotatable bonds is 4. The van der Waals surface area contributed by atoms with Gasteiger partial charge in [0.25, 0.3) is 11.8 Å². The van der Waals surface area contributed by atoms with Gasteiger partial charge in [0, 0.05) is 6.42 Å². The van der Waals surface area contributed by atoms with Crippen molar-refractivity contribution in [3.63, 3.8) is 0 Å². The van der Waals surface area contributed by atoms with Gasteiger partial charge in [-0.2, -0.15) is 13.2 Å². The molecule has 8 heteroatoms. The molecule has 0 atom stereocenters. The average molecular weight is 452 g/mol. The second kappa shape index (κ2) is 7.56. The lowest BCUT2D eigenvalue weighted by Gasteiger charge is -2.16. The summed E-state index contributed by atoms with van der Waals surface area (Å²) in [7, 11) is 0. The van der Waals surface area contributed by atoms with Gasteiger partial charge in [-0.15, -0.1) is 11.3 Å². The lowest BCUT2D eigenvalue weighted by atomic mass is 10.1. The van der Waals surface area contributed by atoms with Gasteiger partial charge in [-0.25, -0.2) is 4.98 Å². The molecule has 1 aliphatic heterocycles. The molecule has 0 spiro atoms. The maximum absolute atomic E-state index is 13.6. The average Bonchev–Trinajstić information content (AvgIpc) is 3.28. The van der Waals surface area contributed by atoms with Gasteiger partial charge in [0.1, 0.15) is 0 Å². The minimum Gasteiger partial charge on any atom is -0.270 e. The Balaban J connectivity index is 1.57. The molecule has 0 saturated carbocycles. The minimum atomic E-state index is -4.56. The minimum absolute atomic E-state index is 0.194. The van der Waals surface area contributed by atoms with E-state index in [0.29, 0.717) is 21.6 Å². The third-order valence-electron chi connectivity index (χ3n) is 5.35. The zero-order valence-corrected chi connectivity index (χ0v) is 17.3. The normalized spacial score (nSPS) is 13.8. The Kier molecular flexibility index (Phi) is 4.82. The number of amides is 2. The van der Waals surface area contributed by atoms with E-state index >= 15 is 0 Å². The zero-order chi connectivity index (χ0) is 22.5. The molecular weight excluding hydrogens is 437 g/mol. The predicted molar refractivity (Wildman–Crippen MR) is 115 cm³/mol. The second-order valence-electron chi connectivity index (χ2n) is 7.49. The third-order valence-corrected chi connectivity index (χ3v) is 6.35. The number of hydrogen-bond acceptors (Lipinski definition) is 4. The molecule has 4 nitrogen and oxygen atoms in total. The van der Waals surface area contributed by atoms with Crippen LogP contribution in [-0.4, -0.2) is 21.7 Å². The van der Waals surface area contributed by atoms with Crippen LogP contribution in [0.4, 0.5) is 13.2 Å². The van der Waals surface area contributed by atoms with Crippen LogP contribution >= 0.6 is 11.3 Å². The molecule has 0 N–H and O–H groups in total. The molecule has 3 aromatic carbocycles. The lowest BCUT2D eigenvalue weighted by molar-refractivity contribution is -0.137. The van der Waals surface area contributed by atoms with Gasteiger partial charge < -0.3 is 0 Å². The highest BCUT2D eigenvalue weighted by molar-refractivity contribution is 7.18. The van der Waals surface area contributed by atoms with Crippen LogP contribution in [0, 0.1) is 0 Å². The number of carbonyl (C=O) groups is 2. The van der Waals surface area contributed by atoms with E-state index in [4.69, 9.17) is 0 Å². The summed E-state index contributed by atoms with van der Waals surface area (Å²) in [6.45, 7) is -0.277. The number of nitrogens with zero attached hydrogens (tertiary/aromatic N) is 2. The third kappa shape index (κ3) is 3.56. The summed E-state index contributed by atoms with van der Waals surface area (Å²) < 4.78 is 41.1. The van der Waals surface area contributed by atoms with Crippen molar-refractivity contribution in [1.29, 1.82) is 0 Å². The summed E-state index contributed by atoms with van der Waals surface area (Å²) >= 11 is 1.18. The van der Waals surface area contributed by atoms with Gasteiger partial charge in [-0.3, -0.25) is 14.5 Å². The number of fused-ring (bicyclic) bond motifs is 2. The first-order valence-electron chi connectivity index (χ1n) is 9.80. The first kappa shape index (κ1) is 20.4. The fourth-order valence-corrected chi connectivity index (χ4v) is 4.92. The molecule has 5 rings (SSSR count). The van der Waals surface area contributed by atoms with E-state index < -0.39 is 23.6 Å². The van der Waals surface area contributed by atoms with Crippen LogP contribution < -0.4 is 0 Å². The number of alkyl halides is 3. The first-order valence-corrected chi connectivity index (χ1v) is 10.6. The zero-order valence-electron chi connectivity index (χ0n) is 16.5. The summed E-state index contributed by atoms with van der Waals surface area (Å²) in [5.74, 6) is -1.04. The van der Waals surface area contributed by atoms with E-state index in [1.807, 2.05) is 30.3 Å². The fraction of sp³-hybridized carbons (Fsp3) is 0.125. The Labute approximate surface area is 184 Å². The van der Waals surface area contributed by atoms with E-state index in [0.717, 1.165) is 22.6 Å². The van der Waals surface area contributed by atoms with Gasteiger partial charge >= 0.3 is 6.18 Å². The van der Waals surface area contributed by atoms with E-state index in [9.17, 15) is 22.8 Å². The van der Waals surface area contributed by atoms with Crippen LogP contribution in [0.15, 0.2) is 66.7 Å². The quantitative estimate of drug-likeness (QED) is 0.373. The number of aromatic nitrogens is 1. The Bertz CT molecular complexity index is 1330. The van der Waals surface area contributed by atoms with E-state index in [1.165, 1.54) is 23.5 Å². The molecule has 0 saturated heterocycles. The molecule has 1 aliphatic rings. The van der Waals surface area contributed by atoms with Gasteiger partial charge in [0.2, 0.25) is 0 Å². The van der Waals surface area contributed by atoms with Crippen molar-refractivity contribution in [3.05, 3.63) is 99.6 Å². The van der Waals surface area contributed by atoms with Gasteiger partial charge in [0.05, 0.1) is 38.5 Å². The molecule has 0 fully saturated rings. The Morgan fingerprint density at radius 2 is 1.50 bits per heavy atom. The highest BCUT2D eigenvalue weighted by Gasteiger charge is 2.37. The summed E-state index contributed by atoms with van der Waals surface area (Å²) in [6, 6.07) is 17.9. The van der Waals surface area contributed by atoms with Gasteiger partial charge in [0.15, 0.2) is 0 Å². The molecule has 2 heterocycles. The number of carbonyl (C=O) groups excluding carboxylic acids is 2. The second-order valence-corrected chi connectivity index (χ2v) is 8.61. The Morgan fingerprint density at radius 1 is 0.875 bits per heavy atom. The fourth-order valence-electron chi connectivity index (χ4n) is 3.83. The molecule has 32 heavy (non-hydrogen) atoms. The number of benzene rings is 3. The Morgan fingerprint density at radius 3 is 2.12 bits per heavy atom. The van der Waals surface area contributed by atoms with Crippen molar-refractivity contribution >= 4 is 33.4 Å². The SMILES string of the molecule is O=C1c2ccccc2C(=O)N1Cc1cc(C(F)(F)F)cc2sc(Cc3ccccc3)nc12. The number of halogens is 3. The van der Waals surface area contributed by atoms with Crippen LogP contribution in [0.3, 0.4) is 0 Å². The van der Waals surface area contributed by atoms with Crippen molar-refractivity contribution in [2.24, 2.45) is 0 Å². The van der Waals surface area contributed by atoms with Crippen molar-refractivity contribution < 1.29 is 22.8 Å². The van der Waals surface area contributed by atoms with Crippen molar-refractivity contribution in [2.45, 2.75) is 19.1 Å². The summed E-state index contributed by atoms with van der Waals surface area (Å²) in [5.41, 5.74) is 1.24. The van der Waals surface area contributed by atoms with Crippen LogP contribution in [-0.2, 0) is 19.1 Å². The monoisotopic (exact) mass is 452 g/mol. The first-order chi connectivity index (χ1) is 15.3. The number of hydrogen-bond donors (Lipinski definition) is 0. The molecular formula is C24H15F3N2O2S. The maximum Gasteiger partial charge on any atom is 0.416 e. The highest BCUT2D eigenvalue weighted by atomic mass is 32.1. The van der Waals surface area contributed by atoms with Crippen LogP contribution in [0.5, 0.6) is 0 Å². The largest absolute Gasteiger partial charge is 0.416 e. The van der Waals surface area contributed by atoms with Crippen molar-refractivity contribution in [3.8, 4) is 0 Å². The van der Waals surface area contributed by atoms with Crippen LogP contribution in [0.2, 0.25) is 0 Å². The summed E-state index contributed by atoms with van der Waals surface area (Å²) in [4.78, 5) is 31.0. The highest BCUT2D eigenvalue weighted by Crippen LogP contribution is 2.37.